The fourth-order valence-corrected chi connectivity index (χ4v) is 1.99. The number of hydrogen-bond donors (Lipinski definition) is 0. The van der Waals surface area contributed by atoms with Crippen LogP contribution in [0.1, 0.15) is 37.8 Å². The fraction of sp³-hybridized carbons (Fsp3) is 0.353. The first-order valence-electron chi connectivity index (χ1n) is 6.59. The molecular formula is C17H21NO. The van der Waals surface area contributed by atoms with E-state index in [0.29, 0.717) is 13.0 Å². The molecule has 0 N–H and O–H groups in total. The third-order valence-corrected chi connectivity index (χ3v) is 3.13. The molecule has 1 amide bonds. The molecule has 2 heteroatoms. The highest BCUT2D eigenvalue weighted by atomic mass is 16.2. The van der Waals surface area contributed by atoms with Gasteiger partial charge in [0.05, 0.1) is 12.6 Å². The van der Waals surface area contributed by atoms with Gasteiger partial charge in [0, 0.05) is 6.42 Å². The summed E-state index contributed by atoms with van der Waals surface area (Å²) in [6.07, 6.45) is 9.41. The number of nitrogens with zero attached hydrogens (tertiary/aromatic N) is 1. The summed E-state index contributed by atoms with van der Waals surface area (Å²) in [7, 11) is 0. The number of allylic oxidation sites excluding steroid dienone is 1. The molecule has 0 unspecified atom stereocenters. The minimum absolute atomic E-state index is 0.00785. The topological polar surface area (TPSA) is 20.3 Å². The molecule has 100 valence electrons. The van der Waals surface area contributed by atoms with Crippen molar-refractivity contribution in [1.29, 1.82) is 0 Å². The van der Waals surface area contributed by atoms with Crippen LogP contribution in [-0.2, 0) is 4.79 Å². The fourth-order valence-electron chi connectivity index (χ4n) is 1.99. The van der Waals surface area contributed by atoms with Crippen molar-refractivity contribution < 1.29 is 4.79 Å². The molecule has 0 saturated heterocycles. The van der Waals surface area contributed by atoms with E-state index < -0.39 is 0 Å². The van der Waals surface area contributed by atoms with Crippen molar-refractivity contribution >= 4 is 5.91 Å². The SMILES string of the molecule is C#CCN(C(=O)CCCC=C)[C@@H](C)c1ccccc1. The highest BCUT2D eigenvalue weighted by Gasteiger charge is 2.19. The number of amides is 1. The molecule has 0 saturated carbocycles. The molecule has 2 nitrogen and oxygen atoms in total. The first-order valence-corrected chi connectivity index (χ1v) is 6.59. The van der Waals surface area contributed by atoms with Gasteiger partial charge >= 0.3 is 0 Å². The maximum Gasteiger partial charge on any atom is 0.223 e. The average Bonchev–Trinajstić information content (AvgIpc) is 2.45. The Labute approximate surface area is 116 Å². The maximum absolute atomic E-state index is 12.2. The van der Waals surface area contributed by atoms with Gasteiger partial charge in [-0.15, -0.1) is 13.0 Å². The molecule has 0 aliphatic carbocycles. The van der Waals surface area contributed by atoms with Gasteiger partial charge in [0.25, 0.3) is 0 Å². The van der Waals surface area contributed by atoms with Crippen molar-refractivity contribution in [3.05, 3.63) is 48.6 Å². The van der Waals surface area contributed by atoms with Crippen LogP contribution in [0.15, 0.2) is 43.0 Å². The normalized spacial score (nSPS) is 11.4. The molecule has 0 spiro atoms. The summed E-state index contributed by atoms with van der Waals surface area (Å²) in [5.74, 6) is 2.68. The van der Waals surface area contributed by atoms with E-state index in [4.69, 9.17) is 6.42 Å². The lowest BCUT2D eigenvalue weighted by Gasteiger charge is -2.28. The van der Waals surface area contributed by atoms with Crippen molar-refractivity contribution in [3.8, 4) is 12.3 Å². The minimum atomic E-state index is 0.00785. The van der Waals surface area contributed by atoms with E-state index in [2.05, 4.69) is 12.5 Å². The number of carbonyl (C=O) groups is 1. The Kier molecular flexibility index (Phi) is 6.46. The lowest BCUT2D eigenvalue weighted by Crippen LogP contribution is -2.33. The zero-order valence-corrected chi connectivity index (χ0v) is 11.5. The summed E-state index contributed by atoms with van der Waals surface area (Å²) in [6, 6.07) is 9.96. The zero-order chi connectivity index (χ0) is 14.1. The molecule has 0 aromatic heterocycles. The second-order valence-corrected chi connectivity index (χ2v) is 4.49. The van der Waals surface area contributed by atoms with Crippen molar-refractivity contribution in [1.82, 2.24) is 4.90 Å². The van der Waals surface area contributed by atoms with Gasteiger partial charge in [-0.25, -0.2) is 0 Å². The van der Waals surface area contributed by atoms with E-state index in [-0.39, 0.29) is 11.9 Å². The minimum Gasteiger partial charge on any atom is -0.325 e. The summed E-state index contributed by atoms with van der Waals surface area (Å²) < 4.78 is 0. The molecule has 1 aromatic rings. The smallest absolute Gasteiger partial charge is 0.223 e. The molecule has 19 heavy (non-hydrogen) atoms. The molecule has 1 atom stereocenters. The van der Waals surface area contributed by atoms with Gasteiger partial charge < -0.3 is 4.90 Å². The van der Waals surface area contributed by atoms with Gasteiger partial charge in [0.1, 0.15) is 0 Å². The van der Waals surface area contributed by atoms with Crippen molar-refractivity contribution in [2.75, 3.05) is 6.54 Å². The van der Waals surface area contributed by atoms with Crippen LogP contribution in [0.2, 0.25) is 0 Å². The first kappa shape index (κ1) is 15.0. The quantitative estimate of drug-likeness (QED) is 0.414. The highest BCUT2D eigenvalue weighted by molar-refractivity contribution is 5.77. The van der Waals surface area contributed by atoms with E-state index >= 15 is 0 Å². The standard InChI is InChI=1S/C17H21NO/c1-4-6-8-13-17(19)18(14-5-2)15(3)16-11-9-7-10-12-16/h2,4,7,9-12,15H,1,6,8,13-14H2,3H3/t15-/m0/s1. The van der Waals surface area contributed by atoms with Crippen LogP contribution in [-0.4, -0.2) is 17.4 Å². The van der Waals surface area contributed by atoms with E-state index in [9.17, 15) is 4.79 Å². The Morgan fingerprint density at radius 3 is 2.74 bits per heavy atom. The summed E-state index contributed by atoms with van der Waals surface area (Å²) in [5, 5.41) is 0. The molecule has 0 aliphatic rings. The maximum atomic E-state index is 12.2. The van der Waals surface area contributed by atoms with Crippen molar-refractivity contribution in [2.24, 2.45) is 0 Å². The first-order chi connectivity index (χ1) is 9.20. The number of carbonyl (C=O) groups excluding carboxylic acids is 1. The molecule has 0 fully saturated rings. The highest BCUT2D eigenvalue weighted by Crippen LogP contribution is 2.20. The Balaban J connectivity index is 2.74. The summed E-state index contributed by atoms with van der Waals surface area (Å²) in [4.78, 5) is 14.0. The molecule has 0 aliphatic heterocycles. The largest absolute Gasteiger partial charge is 0.325 e. The summed E-state index contributed by atoms with van der Waals surface area (Å²) >= 11 is 0. The van der Waals surface area contributed by atoms with Gasteiger partial charge in [-0.3, -0.25) is 4.79 Å². The number of unbranched alkanes of at least 4 members (excludes halogenated alkanes) is 1. The van der Waals surface area contributed by atoms with Crippen LogP contribution in [0.5, 0.6) is 0 Å². The number of rotatable bonds is 7. The third-order valence-electron chi connectivity index (χ3n) is 3.13. The van der Waals surface area contributed by atoms with Crippen LogP contribution < -0.4 is 0 Å². The summed E-state index contributed by atoms with van der Waals surface area (Å²) in [5.41, 5.74) is 1.11. The van der Waals surface area contributed by atoms with E-state index in [1.165, 1.54) is 0 Å². The Morgan fingerprint density at radius 1 is 1.47 bits per heavy atom. The van der Waals surface area contributed by atoms with E-state index in [1.807, 2.05) is 43.3 Å². The third kappa shape index (κ3) is 4.63. The van der Waals surface area contributed by atoms with Crippen molar-refractivity contribution in [3.63, 3.8) is 0 Å². The molecular weight excluding hydrogens is 234 g/mol. The molecule has 1 rings (SSSR count). The average molecular weight is 255 g/mol. The Hall–Kier alpha value is -2.01. The lowest BCUT2D eigenvalue weighted by molar-refractivity contribution is -0.132. The van der Waals surface area contributed by atoms with Crippen LogP contribution in [0.25, 0.3) is 0 Å². The summed E-state index contributed by atoms with van der Waals surface area (Å²) in [6.45, 7) is 6.03. The number of benzene rings is 1. The van der Waals surface area contributed by atoms with Crippen LogP contribution in [0, 0.1) is 12.3 Å². The van der Waals surface area contributed by atoms with Gasteiger partial charge in [-0.1, -0.05) is 42.3 Å². The molecule has 0 heterocycles. The Bertz CT molecular complexity index is 444. The Morgan fingerprint density at radius 2 is 2.16 bits per heavy atom. The predicted octanol–water partition coefficient (Wildman–Crippen LogP) is 3.57. The van der Waals surface area contributed by atoms with Crippen LogP contribution in [0.3, 0.4) is 0 Å². The lowest BCUT2D eigenvalue weighted by atomic mass is 10.1. The molecule has 1 aromatic carbocycles. The van der Waals surface area contributed by atoms with E-state index in [0.717, 1.165) is 18.4 Å². The van der Waals surface area contributed by atoms with Gasteiger partial charge in [-0.05, 0) is 25.3 Å². The zero-order valence-electron chi connectivity index (χ0n) is 11.5. The van der Waals surface area contributed by atoms with Crippen LogP contribution in [0.4, 0.5) is 0 Å². The number of terminal acetylenes is 1. The van der Waals surface area contributed by atoms with Crippen molar-refractivity contribution in [2.45, 2.75) is 32.2 Å². The number of hydrogen-bond acceptors (Lipinski definition) is 1. The monoisotopic (exact) mass is 255 g/mol. The van der Waals surface area contributed by atoms with Gasteiger partial charge in [0.15, 0.2) is 0 Å². The van der Waals surface area contributed by atoms with Gasteiger partial charge in [0.2, 0.25) is 5.91 Å². The van der Waals surface area contributed by atoms with Gasteiger partial charge in [-0.2, -0.15) is 0 Å². The second kappa shape index (κ2) is 8.16. The molecule has 0 radical (unpaired) electrons. The second-order valence-electron chi connectivity index (χ2n) is 4.49. The van der Waals surface area contributed by atoms with E-state index in [1.54, 1.807) is 4.90 Å². The predicted molar refractivity (Wildman–Crippen MR) is 79.5 cm³/mol. The molecule has 0 bridgehead atoms. The van der Waals surface area contributed by atoms with Crippen LogP contribution >= 0.6 is 0 Å².